The molecule has 1 atom stereocenters. The highest BCUT2D eigenvalue weighted by molar-refractivity contribution is 5.94. The first-order valence-corrected chi connectivity index (χ1v) is 5.58. The second-order valence-corrected chi connectivity index (χ2v) is 3.99. The summed E-state index contributed by atoms with van der Waals surface area (Å²) in [7, 11) is 0. The van der Waals surface area contributed by atoms with E-state index in [4.69, 9.17) is 11.0 Å². The minimum atomic E-state index is -4.67. The number of benzene rings is 1. The summed E-state index contributed by atoms with van der Waals surface area (Å²) in [6.45, 7) is 3.41. The van der Waals surface area contributed by atoms with Crippen molar-refractivity contribution in [1.29, 1.82) is 5.26 Å². The van der Waals surface area contributed by atoms with Gasteiger partial charge in [-0.25, -0.2) is 0 Å². The Morgan fingerprint density at radius 2 is 2.20 bits per heavy atom. The SMILES string of the molecule is C=CCC(N)C(=O)Nc1ccc(C#N)c(C(F)(F)F)c1. The van der Waals surface area contributed by atoms with Crippen LogP contribution in [0.15, 0.2) is 30.9 Å². The van der Waals surface area contributed by atoms with Gasteiger partial charge in [0.25, 0.3) is 0 Å². The van der Waals surface area contributed by atoms with Crippen molar-refractivity contribution in [3.63, 3.8) is 0 Å². The number of hydrogen-bond donors (Lipinski definition) is 2. The fourth-order valence-electron chi connectivity index (χ4n) is 1.48. The maximum Gasteiger partial charge on any atom is 0.417 e. The molecule has 0 fully saturated rings. The number of alkyl halides is 3. The molecule has 0 aliphatic rings. The number of carbonyl (C=O) groups excluding carboxylic acids is 1. The van der Waals surface area contributed by atoms with Gasteiger partial charge >= 0.3 is 6.18 Å². The maximum atomic E-state index is 12.7. The minimum Gasteiger partial charge on any atom is -0.325 e. The van der Waals surface area contributed by atoms with Gasteiger partial charge in [-0.1, -0.05) is 6.08 Å². The number of nitriles is 1. The number of halogens is 3. The molecule has 4 nitrogen and oxygen atoms in total. The zero-order valence-corrected chi connectivity index (χ0v) is 10.4. The summed E-state index contributed by atoms with van der Waals surface area (Å²) in [5.41, 5.74) is 3.82. The van der Waals surface area contributed by atoms with Gasteiger partial charge < -0.3 is 11.1 Å². The van der Waals surface area contributed by atoms with Gasteiger partial charge in [0.05, 0.1) is 23.2 Å². The topological polar surface area (TPSA) is 78.9 Å². The molecule has 1 aromatic carbocycles. The molecule has 1 rings (SSSR count). The van der Waals surface area contributed by atoms with E-state index in [1.54, 1.807) is 0 Å². The first-order valence-electron chi connectivity index (χ1n) is 5.58. The quantitative estimate of drug-likeness (QED) is 0.833. The normalized spacial score (nSPS) is 12.3. The van der Waals surface area contributed by atoms with Crippen LogP contribution < -0.4 is 11.1 Å². The number of hydrogen-bond acceptors (Lipinski definition) is 3. The molecule has 20 heavy (non-hydrogen) atoms. The molecule has 0 radical (unpaired) electrons. The largest absolute Gasteiger partial charge is 0.417 e. The monoisotopic (exact) mass is 283 g/mol. The Hall–Kier alpha value is -2.33. The molecule has 1 amide bonds. The van der Waals surface area contributed by atoms with E-state index in [1.165, 1.54) is 18.2 Å². The number of nitrogens with two attached hydrogens (primary N) is 1. The van der Waals surface area contributed by atoms with Crippen molar-refractivity contribution in [2.75, 3.05) is 5.32 Å². The standard InChI is InChI=1S/C13H12F3N3O/c1-2-3-11(18)12(20)19-9-5-4-8(7-17)10(6-9)13(14,15)16/h2,4-6,11H,1,3,18H2,(H,19,20). The van der Waals surface area contributed by atoms with Crippen molar-refractivity contribution < 1.29 is 18.0 Å². The third kappa shape index (κ3) is 3.83. The second kappa shape index (κ2) is 6.21. The zero-order chi connectivity index (χ0) is 15.3. The number of rotatable bonds is 4. The summed E-state index contributed by atoms with van der Waals surface area (Å²) in [5.74, 6) is -0.622. The molecular weight excluding hydrogens is 271 g/mol. The number of amides is 1. The summed E-state index contributed by atoms with van der Waals surface area (Å²) < 4.78 is 38.2. The van der Waals surface area contributed by atoms with Gasteiger partial charge in [-0.15, -0.1) is 6.58 Å². The summed E-state index contributed by atoms with van der Waals surface area (Å²) in [6, 6.07) is 3.48. The zero-order valence-electron chi connectivity index (χ0n) is 10.4. The second-order valence-electron chi connectivity index (χ2n) is 3.99. The van der Waals surface area contributed by atoms with Crippen molar-refractivity contribution in [2.24, 2.45) is 5.73 Å². The average molecular weight is 283 g/mol. The van der Waals surface area contributed by atoms with E-state index in [1.807, 2.05) is 0 Å². The average Bonchev–Trinajstić information content (AvgIpc) is 2.37. The van der Waals surface area contributed by atoms with Gasteiger partial charge in [-0.05, 0) is 24.6 Å². The highest BCUT2D eigenvalue weighted by Gasteiger charge is 2.34. The van der Waals surface area contributed by atoms with Crippen molar-refractivity contribution >= 4 is 11.6 Å². The number of nitrogens with one attached hydrogen (secondary N) is 1. The molecular formula is C13H12F3N3O. The fourth-order valence-corrected chi connectivity index (χ4v) is 1.48. The van der Waals surface area contributed by atoms with Gasteiger partial charge in [0.15, 0.2) is 0 Å². The molecule has 3 N–H and O–H groups in total. The third-order valence-corrected chi connectivity index (χ3v) is 2.47. The molecule has 0 bridgehead atoms. The van der Waals surface area contributed by atoms with Crippen LogP contribution in [0.1, 0.15) is 17.5 Å². The summed E-state index contributed by atoms with van der Waals surface area (Å²) in [5, 5.41) is 10.9. The Bertz CT molecular complexity index is 561. The smallest absolute Gasteiger partial charge is 0.325 e. The Balaban J connectivity index is 3.02. The van der Waals surface area contributed by atoms with E-state index in [2.05, 4.69) is 11.9 Å². The number of nitrogens with zero attached hydrogens (tertiary/aromatic N) is 1. The predicted octanol–water partition coefficient (Wildman–Crippen LogP) is 2.42. The van der Waals surface area contributed by atoms with E-state index >= 15 is 0 Å². The Kier molecular flexibility index (Phi) is 4.88. The maximum absolute atomic E-state index is 12.7. The lowest BCUT2D eigenvalue weighted by Crippen LogP contribution is -2.35. The molecule has 7 heteroatoms. The van der Waals surface area contributed by atoms with E-state index in [0.717, 1.165) is 6.07 Å². The molecule has 0 saturated carbocycles. The van der Waals surface area contributed by atoms with Crippen LogP contribution in [-0.4, -0.2) is 11.9 Å². The van der Waals surface area contributed by atoms with Gasteiger partial charge in [0.1, 0.15) is 0 Å². The molecule has 1 unspecified atom stereocenters. The molecule has 0 aromatic heterocycles. The predicted molar refractivity (Wildman–Crippen MR) is 67.6 cm³/mol. The summed E-state index contributed by atoms with van der Waals surface area (Å²) >= 11 is 0. The van der Waals surface area contributed by atoms with Crippen molar-refractivity contribution in [3.8, 4) is 6.07 Å². The van der Waals surface area contributed by atoms with Crippen molar-refractivity contribution in [1.82, 2.24) is 0 Å². The van der Waals surface area contributed by atoms with Crippen LogP contribution in [0.5, 0.6) is 0 Å². The molecule has 106 valence electrons. The molecule has 0 aliphatic carbocycles. The summed E-state index contributed by atoms with van der Waals surface area (Å²) in [6.07, 6.45) is -3.03. The summed E-state index contributed by atoms with van der Waals surface area (Å²) in [4.78, 5) is 11.6. The number of carbonyl (C=O) groups is 1. The molecule has 0 heterocycles. The lowest BCUT2D eigenvalue weighted by molar-refractivity contribution is -0.137. The van der Waals surface area contributed by atoms with Crippen LogP contribution >= 0.6 is 0 Å². The minimum absolute atomic E-state index is 0.0687. The van der Waals surface area contributed by atoms with Gasteiger partial charge in [0.2, 0.25) is 5.91 Å². The van der Waals surface area contributed by atoms with Crippen molar-refractivity contribution in [3.05, 3.63) is 42.0 Å². The first kappa shape index (κ1) is 15.7. The highest BCUT2D eigenvalue weighted by atomic mass is 19.4. The van der Waals surface area contributed by atoms with Crippen LogP contribution in [0.25, 0.3) is 0 Å². The van der Waals surface area contributed by atoms with Crippen LogP contribution in [0.4, 0.5) is 18.9 Å². The molecule has 1 aromatic rings. The van der Waals surface area contributed by atoms with Crippen LogP contribution in [-0.2, 0) is 11.0 Å². The van der Waals surface area contributed by atoms with Crippen LogP contribution in [0.3, 0.4) is 0 Å². The Morgan fingerprint density at radius 3 is 2.70 bits per heavy atom. The molecule has 0 saturated heterocycles. The third-order valence-electron chi connectivity index (χ3n) is 2.47. The van der Waals surface area contributed by atoms with Gasteiger partial charge in [0, 0.05) is 5.69 Å². The molecule has 0 aliphatic heterocycles. The lowest BCUT2D eigenvalue weighted by atomic mass is 10.1. The van der Waals surface area contributed by atoms with Gasteiger partial charge in [-0.3, -0.25) is 4.79 Å². The van der Waals surface area contributed by atoms with Gasteiger partial charge in [-0.2, -0.15) is 18.4 Å². The fraction of sp³-hybridized carbons (Fsp3) is 0.231. The van der Waals surface area contributed by atoms with Crippen LogP contribution in [0, 0.1) is 11.3 Å². The first-order chi connectivity index (χ1) is 9.29. The molecule has 0 spiro atoms. The van der Waals surface area contributed by atoms with Crippen molar-refractivity contribution in [2.45, 2.75) is 18.6 Å². The Morgan fingerprint density at radius 1 is 1.55 bits per heavy atom. The van der Waals surface area contributed by atoms with E-state index in [-0.39, 0.29) is 12.1 Å². The van der Waals surface area contributed by atoms with E-state index in [0.29, 0.717) is 6.07 Å². The number of anilines is 1. The van der Waals surface area contributed by atoms with E-state index < -0.39 is 29.3 Å². The van der Waals surface area contributed by atoms with Crippen LogP contribution in [0.2, 0.25) is 0 Å². The van der Waals surface area contributed by atoms with E-state index in [9.17, 15) is 18.0 Å². The lowest BCUT2D eigenvalue weighted by Gasteiger charge is -2.13. The highest BCUT2D eigenvalue weighted by Crippen LogP contribution is 2.33. The Labute approximate surface area is 113 Å².